The second-order valence-electron chi connectivity index (χ2n) is 5.59. The van der Waals surface area contributed by atoms with Gasteiger partial charge in [0, 0.05) is 31.9 Å². The predicted octanol–water partition coefficient (Wildman–Crippen LogP) is 2.46. The Kier molecular flexibility index (Phi) is 4.39. The zero-order chi connectivity index (χ0) is 15.4. The van der Waals surface area contributed by atoms with E-state index in [1.165, 1.54) is 0 Å². The van der Waals surface area contributed by atoms with Crippen LogP contribution in [0.1, 0.15) is 5.56 Å². The highest BCUT2D eigenvalue weighted by atomic mass is 16.4. The van der Waals surface area contributed by atoms with Gasteiger partial charge in [0.25, 0.3) is 0 Å². The molecule has 0 unspecified atom stereocenters. The molecule has 2 aromatic rings. The minimum atomic E-state index is -0.753. The Hall–Kier alpha value is -2.33. The second-order valence-corrected chi connectivity index (χ2v) is 5.59. The Morgan fingerprint density at radius 1 is 1.00 bits per heavy atom. The van der Waals surface area contributed by atoms with E-state index in [1.807, 2.05) is 60.7 Å². The van der Waals surface area contributed by atoms with E-state index in [4.69, 9.17) is 0 Å². The van der Waals surface area contributed by atoms with Gasteiger partial charge in [-0.3, -0.25) is 9.69 Å². The summed E-state index contributed by atoms with van der Waals surface area (Å²) < 4.78 is 0. The summed E-state index contributed by atoms with van der Waals surface area (Å²) in [6.45, 7) is 2.80. The van der Waals surface area contributed by atoms with Gasteiger partial charge in [0.05, 0.1) is 0 Å². The van der Waals surface area contributed by atoms with Gasteiger partial charge < -0.3 is 10.0 Å². The maximum absolute atomic E-state index is 11.7. The molecule has 4 heteroatoms. The molecule has 22 heavy (non-hydrogen) atoms. The lowest BCUT2D eigenvalue weighted by Gasteiger charge is -2.40. The molecule has 2 aromatic carbocycles. The Labute approximate surface area is 130 Å². The van der Waals surface area contributed by atoms with Crippen molar-refractivity contribution < 1.29 is 9.90 Å². The first kappa shape index (κ1) is 14.6. The molecule has 0 bridgehead atoms. The number of hydrogen-bond donors (Lipinski definition) is 1. The Bertz CT molecular complexity index is 615. The van der Waals surface area contributed by atoms with Crippen LogP contribution >= 0.6 is 0 Å². The topological polar surface area (TPSA) is 43.8 Å². The van der Waals surface area contributed by atoms with Gasteiger partial charge in [0.2, 0.25) is 0 Å². The molecule has 0 aromatic heterocycles. The zero-order valence-electron chi connectivity index (χ0n) is 12.4. The molecule has 0 spiro atoms. The summed E-state index contributed by atoms with van der Waals surface area (Å²) in [7, 11) is 0. The summed E-state index contributed by atoms with van der Waals surface area (Å²) in [5.74, 6) is -0.753. The van der Waals surface area contributed by atoms with Crippen LogP contribution in [0.3, 0.4) is 0 Å². The molecule has 0 aliphatic carbocycles. The first-order chi connectivity index (χ1) is 10.7. The number of carboxylic acid groups (broad SMARTS) is 1. The number of carbonyl (C=O) groups is 1. The van der Waals surface area contributed by atoms with E-state index in [0.717, 1.165) is 24.3 Å². The summed E-state index contributed by atoms with van der Waals surface area (Å²) >= 11 is 0. The highest BCUT2D eigenvalue weighted by molar-refractivity contribution is 5.75. The number of anilines is 1. The van der Waals surface area contributed by atoms with Gasteiger partial charge in [-0.25, -0.2) is 0 Å². The maximum atomic E-state index is 11.7. The lowest BCUT2D eigenvalue weighted by atomic mass is 10.1. The van der Waals surface area contributed by atoms with Crippen LogP contribution in [-0.4, -0.2) is 41.7 Å². The predicted molar refractivity (Wildman–Crippen MR) is 86.9 cm³/mol. The molecule has 1 aliphatic rings. The summed E-state index contributed by atoms with van der Waals surface area (Å²) in [6, 6.07) is 19.6. The van der Waals surface area contributed by atoms with Crippen LogP contribution in [0.2, 0.25) is 0 Å². The van der Waals surface area contributed by atoms with Crippen LogP contribution in [0.15, 0.2) is 60.7 Å². The average Bonchev–Trinajstić information content (AvgIpc) is 2.57. The van der Waals surface area contributed by atoms with E-state index >= 15 is 0 Å². The smallest absolute Gasteiger partial charge is 0.322 e. The number of piperazine rings is 1. The summed E-state index contributed by atoms with van der Waals surface area (Å²) in [4.78, 5) is 15.9. The Morgan fingerprint density at radius 3 is 2.27 bits per heavy atom. The molecule has 3 rings (SSSR count). The minimum absolute atomic E-state index is 0.478. The third-order valence-corrected chi connectivity index (χ3v) is 4.13. The summed E-state index contributed by atoms with van der Waals surface area (Å²) in [5, 5.41) is 9.58. The van der Waals surface area contributed by atoms with E-state index < -0.39 is 12.0 Å². The molecule has 0 saturated carbocycles. The number of rotatable bonds is 4. The molecule has 1 N–H and O–H groups in total. The first-order valence-electron chi connectivity index (χ1n) is 7.55. The van der Waals surface area contributed by atoms with Gasteiger partial charge in [-0.05, 0) is 17.7 Å². The fourth-order valence-corrected chi connectivity index (χ4v) is 2.94. The van der Waals surface area contributed by atoms with Crippen molar-refractivity contribution in [2.75, 3.05) is 24.5 Å². The average molecular weight is 296 g/mol. The third kappa shape index (κ3) is 3.28. The van der Waals surface area contributed by atoms with Crippen LogP contribution in [0.25, 0.3) is 0 Å². The number of carboxylic acids is 1. The van der Waals surface area contributed by atoms with Gasteiger partial charge in [-0.2, -0.15) is 0 Å². The Balaban J connectivity index is 1.73. The van der Waals surface area contributed by atoms with Gasteiger partial charge in [-0.15, -0.1) is 0 Å². The van der Waals surface area contributed by atoms with Crippen molar-refractivity contribution >= 4 is 11.7 Å². The molecule has 1 aliphatic heterocycles. The van der Waals surface area contributed by atoms with E-state index in [0.29, 0.717) is 13.1 Å². The van der Waals surface area contributed by atoms with Crippen molar-refractivity contribution in [3.8, 4) is 0 Å². The van der Waals surface area contributed by atoms with E-state index in [1.54, 1.807) is 0 Å². The largest absolute Gasteiger partial charge is 0.480 e. The Morgan fingerprint density at radius 2 is 1.64 bits per heavy atom. The number of benzene rings is 2. The van der Waals surface area contributed by atoms with Crippen molar-refractivity contribution in [2.45, 2.75) is 12.6 Å². The number of aliphatic carboxylic acids is 1. The van der Waals surface area contributed by atoms with Gasteiger partial charge in [-0.1, -0.05) is 48.5 Å². The minimum Gasteiger partial charge on any atom is -0.480 e. The second kappa shape index (κ2) is 6.62. The fourth-order valence-electron chi connectivity index (χ4n) is 2.94. The molecule has 114 valence electrons. The van der Waals surface area contributed by atoms with Crippen LogP contribution in [0, 0.1) is 0 Å². The summed E-state index contributed by atoms with van der Waals surface area (Å²) in [6.07, 6.45) is 0. The molecular weight excluding hydrogens is 276 g/mol. The van der Waals surface area contributed by atoms with Crippen molar-refractivity contribution in [2.24, 2.45) is 0 Å². The van der Waals surface area contributed by atoms with Crippen molar-refractivity contribution in [1.82, 2.24) is 4.90 Å². The third-order valence-electron chi connectivity index (χ3n) is 4.13. The lowest BCUT2D eigenvalue weighted by Crippen LogP contribution is -2.56. The number of nitrogens with zero attached hydrogens (tertiary/aromatic N) is 2. The molecule has 4 nitrogen and oxygen atoms in total. The van der Waals surface area contributed by atoms with Crippen LogP contribution in [0.4, 0.5) is 5.69 Å². The number of hydrogen-bond acceptors (Lipinski definition) is 3. The van der Waals surface area contributed by atoms with Crippen molar-refractivity contribution in [3.63, 3.8) is 0 Å². The maximum Gasteiger partial charge on any atom is 0.322 e. The number of para-hydroxylation sites is 1. The molecule has 0 amide bonds. The van der Waals surface area contributed by atoms with Crippen LogP contribution in [-0.2, 0) is 11.3 Å². The van der Waals surface area contributed by atoms with E-state index in [9.17, 15) is 9.90 Å². The van der Waals surface area contributed by atoms with E-state index in [2.05, 4.69) is 9.80 Å². The molecule has 0 radical (unpaired) electrons. The van der Waals surface area contributed by atoms with Crippen LogP contribution < -0.4 is 4.90 Å². The zero-order valence-corrected chi connectivity index (χ0v) is 12.4. The molecular formula is C18H20N2O2. The normalized spacial score (nSPS) is 19.1. The lowest BCUT2D eigenvalue weighted by molar-refractivity contribution is -0.143. The first-order valence-corrected chi connectivity index (χ1v) is 7.55. The molecule has 1 saturated heterocycles. The highest BCUT2D eigenvalue weighted by Crippen LogP contribution is 2.20. The molecule has 1 heterocycles. The van der Waals surface area contributed by atoms with Gasteiger partial charge in [0.15, 0.2) is 0 Å². The summed E-state index contributed by atoms with van der Waals surface area (Å²) in [5.41, 5.74) is 2.25. The van der Waals surface area contributed by atoms with Gasteiger partial charge in [0.1, 0.15) is 6.04 Å². The van der Waals surface area contributed by atoms with Crippen molar-refractivity contribution in [1.29, 1.82) is 0 Å². The monoisotopic (exact) mass is 296 g/mol. The quantitative estimate of drug-likeness (QED) is 0.941. The van der Waals surface area contributed by atoms with E-state index in [-0.39, 0.29) is 0 Å². The highest BCUT2D eigenvalue weighted by Gasteiger charge is 2.32. The molecule has 1 fully saturated rings. The van der Waals surface area contributed by atoms with Gasteiger partial charge >= 0.3 is 5.97 Å². The molecule has 1 atom stereocenters. The van der Waals surface area contributed by atoms with Crippen molar-refractivity contribution in [3.05, 3.63) is 66.2 Å². The SMILES string of the molecule is O=C(O)[C@H]1CN(c2ccccc2)CCN1Cc1ccccc1. The fraction of sp³-hybridized carbons (Fsp3) is 0.278. The van der Waals surface area contributed by atoms with Crippen LogP contribution in [0.5, 0.6) is 0 Å². The standard InChI is InChI=1S/C18H20N2O2/c21-18(22)17-14-19(16-9-5-2-6-10-16)11-12-20(17)13-15-7-3-1-4-8-15/h1-10,17H,11-14H2,(H,21,22)/t17-/m1/s1.